The molecule has 3 aromatic rings. The molecule has 2 amide bonds. The molecule has 0 aliphatic rings. The van der Waals surface area contributed by atoms with E-state index in [-0.39, 0.29) is 11.5 Å². The number of aromatic nitrogens is 2. The Morgan fingerprint density at radius 2 is 1.26 bits per heavy atom. The first-order valence-electron chi connectivity index (χ1n) is 15.1. The quantitative estimate of drug-likeness (QED) is 0.107. The van der Waals surface area contributed by atoms with E-state index in [2.05, 4.69) is 10.3 Å². The van der Waals surface area contributed by atoms with E-state index < -0.39 is 23.8 Å². The van der Waals surface area contributed by atoms with Crippen LogP contribution < -0.4 is 20.4 Å². The van der Waals surface area contributed by atoms with Gasteiger partial charge in [0.25, 0.3) is 0 Å². The minimum atomic E-state index is -5.08. The molecule has 0 spiro atoms. The number of carbonyl (C=O) groups excluding carboxylic acids is 2. The minimum absolute atomic E-state index is 0.0789. The SMILES string of the molecule is CC(=N)c1ccc(OCCCCn2ccn(CCCCOc3ccc(C(=N)NC(=O)OC(C)(C)C)cc3)c2=NC(=O)C(F)(F)F)cc1. The van der Waals surface area contributed by atoms with Crippen molar-refractivity contribution in [1.29, 1.82) is 10.8 Å². The van der Waals surface area contributed by atoms with Crippen molar-refractivity contribution in [1.82, 2.24) is 14.5 Å². The van der Waals surface area contributed by atoms with E-state index in [1.165, 1.54) is 9.13 Å². The predicted octanol–water partition coefficient (Wildman–Crippen LogP) is 6.24. The molecule has 14 heteroatoms. The number of rotatable bonds is 14. The summed E-state index contributed by atoms with van der Waals surface area (Å²) < 4.78 is 58.8. The van der Waals surface area contributed by atoms with E-state index in [0.717, 1.165) is 5.56 Å². The number of alkyl carbamates (subject to hydrolysis) is 1. The second-order valence-corrected chi connectivity index (χ2v) is 11.7. The second kappa shape index (κ2) is 16.6. The Kier molecular flexibility index (Phi) is 12.9. The van der Waals surface area contributed by atoms with Gasteiger partial charge in [-0.2, -0.15) is 18.2 Å². The maximum atomic E-state index is 13.0. The van der Waals surface area contributed by atoms with E-state index in [9.17, 15) is 22.8 Å². The first-order chi connectivity index (χ1) is 22.1. The molecule has 0 radical (unpaired) electrons. The number of unbranched alkanes of at least 4 members (excludes halogenated alkanes) is 2. The smallest absolute Gasteiger partial charge is 0.473 e. The Morgan fingerprint density at radius 1 is 0.787 bits per heavy atom. The highest BCUT2D eigenvalue weighted by atomic mass is 19.4. The van der Waals surface area contributed by atoms with E-state index in [1.807, 2.05) is 0 Å². The molecule has 3 rings (SSSR count). The lowest BCUT2D eigenvalue weighted by Crippen LogP contribution is -2.36. The Bertz CT molecular complexity index is 1590. The van der Waals surface area contributed by atoms with E-state index in [0.29, 0.717) is 74.8 Å². The number of hydrogen-bond donors (Lipinski definition) is 3. The molecule has 0 saturated carbocycles. The van der Waals surface area contributed by atoms with Crippen molar-refractivity contribution in [3.63, 3.8) is 0 Å². The molecule has 0 unspecified atom stereocenters. The minimum Gasteiger partial charge on any atom is -0.494 e. The van der Waals surface area contributed by atoms with Crippen LogP contribution in [0.1, 0.15) is 64.5 Å². The number of aryl methyl sites for hydroxylation is 2. The summed E-state index contributed by atoms with van der Waals surface area (Å²) in [7, 11) is 0. The van der Waals surface area contributed by atoms with Crippen molar-refractivity contribution in [2.75, 3.05) is 13.2 Å². The molecule has 0 fully saturated rings. The molecule has 3 N–H and O–H groups in total. The van der Waals surface area contributed by atoms with Crippen LogP contribution in [0.3, 0.4) is 0 Å². The predicted molar refractivity (Wildman–Crippen MR) is 170 cm³/mol. The Labute approximate surface area is 271 Å². The molecule has 47 heavy (non-hydrogen) atoms. The van der Waals surface area contributed by atoms with Gasteiger partial charge in [-0.3, -0.25) is 15.5 Å². The van der Waals surface area contributed by atoms with Crippen LogP contribution in [-0.2, 0) is 22.6 Å². The largest absolute Gasteiger partial charge is 0.494 e. The summed E-state index contributed by atoms with van der Waals surface area (Å²) in [5, 5.41) is 18.1. The summed E-state index contributed by atoms with van der Waals surface area (Å²) in [6.45, 7) is 8.26. The summed E-state index contributed by atoms with van der Waals surface area (Å²) in [6, 6.07) is 13.7. The van der Waals surface area contributed by atoms with E-state index in [1.54, 1.807) is 88.6 Å². The lowest BCUT2D eigenvalue weighted by atomic mass is 10.1. The third-order valence-electron chi connectivity index (χ3n) is 6.56. The molecular weight excluding hydrogens is 617 g/mol. The molecule has 2 aromatic carbocycles. The highest BCUT2D eigenvalue weighted by molar-refractivity contribution is 6.04. The maximum Gasteiger partial charge on any atom is 0.473 e. The van der Waals surface area contributed by atoms with Crippen LogP contribution in [0.5, 0.6) is 11.5 Å². The van der Waals surface area contributed by atoms with Gasteiger partial charge in [0.05, 0.1) is 13.2 Å². The zero-order valence-electron chi connectivity index (χ0n) is 26.9. The van der Waals surface area contributed by atoms with Gasteiger partial charge in [-0.25, -0.2) is 4.79 Å². The van der Waals surface area contributed by atoms with Crippen LogP contribution in [0.2, 0.25) is 0 Å². The van der Waals surface area contributed by atoms with Crippen LogP contribution in [0.4, 0.5) is 18.0 Å². The van der Waals surface area contributed by atoms with Crippen molar-refractivity contribution in [3.05, 3.63) is 77.7 Å². The van der Waals surface area contributed by atoms with Crippen molar-refractivity contribution >= 4 is 23.5 Å². The number of carbonyl (C=O) groups is 2. The van der Waals surface area contributed by atoms with E-state index >= 15 is 0 Å². The van der Waals surface area contributed by atoms with Crippen LogP contribution in [0, 0.1) is 10.8 Å². The van der Waals surface area contributed by atoms with E-state index in [4.69, 9.17) is 25.0 Å². The molecule has 0 aliphatic carbocycles. The molecule has 0 bridgehead atoms. The number of benzene rings is 2. The number of hydrogen-bond acceptors (Lipinski definition) is 7. The fraction of sp³-hybridized carbons (Fsp3) is 0.424. The number of halogens is 3. The van der Waals surface area contributed by atoms with Crippen LogP contribution in [0.15, 0.2) is 65.9 Å². The number of nitrogens with zero attached hydrogens (tertiary/aromatic N) is 3. The van der Waals surface area contributed by atoms with Gasteiger partial charge in [-0.15, -0.1) is 0 Å². The third kappa shape index (κ3) is 12.4. The first-order valence-corrected chi connectivity index (χ1v) is 15.1. The summed E-state index contributed by atoms with van der Waals surface area (Å²) in [4.78, 5) is 27.0. The van der Waals surface area contributed by atoms with Crippen LogP contribution in [-0.4, -0.2) is 57.7 Å². The monoisotopic (exact) mass is 658 g/mol. The molecular formula is C33H41F3N6O5. The molecule has 0 saturated heterocycles. The summed E-state index contributed by atoms with van der Waals surface area (Å²) in [5.41, 5.74) is 0.956. The standard InChI is InChI=1S/C33H41F3N6O5/c1-23(37)24-9-13-26(14-10-24)45-21-7-5-17-41-19-20-42(30(41)40-29(43)33(34,35)36)18-6-8-22-46-27-15-11-25(12-16-27)28(38)39-31(44)47-32(2,3)4/h9-16,19-20,37H,5-8,17-18,21-22H2,1-4H3,(H2,38,39,44). The fourth-order valence-electron chi connectivity index (χ4n) is 4.24. The average molecular weight is 659 g/mol. The van der Waals surface area contributed by atoms with Gasteiger partial charge in [0.2, 0.25) is 5.62 Å². The topological polar surface area (TPSA) is 144 Å². The van der Waals surface area contributed by atoms with Crippen LogP contribution in [0.25, 0.3) is 0 Å². The summed E-state index contributed by atoms with van der Waals surface area (Å²) in [5.74, 6) is -1.07. The Balaban J connectivity index is 1.49. The lowest BCUT2D eigenvalue weighted by molar-refractivity contribution is -0.169. The normalized spacial score (nSPS) is 12.0. The molecule has 1 aromatic heterocycles. The van der Waals surface area contributed by atoms with Gasteiger partial charge in [0, 0.05) is 36.8 Å². The van der Waals surface area contributed by atoms with Crippen molar-refractivity contribution in [3.8, 4) is 11.5 Å². The number of ether oxygens (including phenoxy) is 3. The van der Waals surface area contributed by atoms with Gasteiger partial charge in [-0.05, 0) is 107 Å². The number of imidazole rings is 1. The van der Waals surface area contributed by atoms with Crippen molar-refractivity contribution in [2.45, 2.75) is 78.2 Å². The van der Waals surface area contributed by atoms with Crippen LogP contribution >= 0.6 is 0 Å². The highest BCUT2D eigenvalue weighted by Gasteiger charge is 2.38. The zero-order valence-corrected chi connectivity index (χ0v) is 26.9. The number of nitrogens with one attached hydrogen (secondary N) is 3. The van der Waals surface area contributed by atoms with Gasteiger partial charge in [0.1, 0.15) is 22.9 Å². The molecule has 1 heterocycles. The third-order valence-corrected chi connectivity index (χ3v) is 6.56. The second-order valence-electron chi connectivity index (χ2n) is 11.7. The van der Waals surface area contributed by atoms with Crippen molar-refractivity contribution in [2.24, 2.45) is 4.99 Å². The number of amidine groups is 1. The van der Waals surface area contributed by atoms with Gasteiger partial charge < -0.3 is 28.8 Å². The Hall–Kier alpha value is -4.88. The number of alkyl halides is 3. The number of amides is 2. The van der Waals surface area contributed by atoms with Crippen molar-refractivity contribution < 1.29 is 37.0 Å². The molecule has 11 nitrogen and oxygen atoms in total. The maximum absolute atomic E-state index is 13.0. The van der Waals surface area contributed by atoms with Gasteiger partial charge in [-0.1, -0.05) is 0 Å². The highest BCUT2D eigenvalue weighted by Crippen LogP contribution is 2.17. The summed E-state index contributed by atoms with van der Waals surface area (Å²) in [6.07, 6.45) is -0.280. The zero-order chi connectivity index (χ0) is 34.6. The molecule has 0 atom stereocenters. The van der Waals surface area contributed by atoms with Gasteiger partial charge in [0.15, 0.2) is 0 Å². The fourth-order valence-corrected chi connectivity index (χ4v) is 4.24. The van der Waals surface area contributed by atoms with Gasteiger partial charge >= 0.3 is 18.2 Å². The first kappa shape index (κ1) is 36.6. The lowest BCUT2D eigenvalue weighted by Gasteiger charge is -2.19. The average Bonchev–Trinajstić information content (AvgIpc) is 3.36. The summed E-state index contributed by atoms with van der Waals surface area (Å²) >= 11 is 0. The Morgan fingerprint density at radius 3 is 1.68 bits per heavy atom. The molecule has 0 aliphatic heterocycles. The molecule has 254 valence electrons.